The minimum atomic E-state index is -3.91. The highest BCUT2D eigenvalue weighted by atomic mass is 32.2. The Morgan fingerprint density at radius 3 is 2.42 bits per heavy atom. The van der Waals surface area contributed by atoms with E-state index in [4.69, 9.17) is 9.88 Å². The van der Waals surface area contributed by atoms with Crippen LogP contribution in [0.25, 0.3) is 27.8 Å². The molecule has 1 aliphatic carbocycles. The van der Waals surface area contributed by atoms with Crippen LogP contribution in [0.15, 0.2) is 60.9 Å². The van der Waals surface area contributed by atoms with Crippen LogP contribution in [0, 0.1) is 11.6 Å². The van der Waals surface area contributed by atoms with Crippen molar-refractivity contribution in [1.29, 1.82) is 0 Å². The lowest BCUT2D eigenvalue weighted by atomic mass is 9.94. The molecule has 0 amide bonds. The normalized spacial score (nSPS) is 14.9. The molecule has 2 N–H and O–H groups in total. The molecule has 1 fully saturated rings. The lowest BCUT2D eigenvalue weighted by molar-refractivity contribution is 0.261. The molecule has 2 heterocycles. The molecule has 0 saturated heterocycles. The molecular formula is C26H26F2N4O3S. The van der Waals surface area contributed by atoms with Crippen LogP contribution in [-0.2, 0) is 14.8 Å². The number of ether oxygens (including phenoxy) is 1. The Morgan fingerprint density at radius 2 is 1.78 bits per heavy atom. The van der Waals surface area contributed by atoms with E-state index in [9.17, 15) is 17.2 Å². The van der Waals surface area contributed by atoms with Gasteiger partial charge in [-0.1, -0.05) is 0 Å². The van der Waals surface area contributed by atoms with Gasteiger partial charge in [-0.3, -0.25) is 0 Å². The second-order valence-electron chi connectivity index (χ2n) is 9.36. The van der Waals surface area contributed by atoms with Crippen LogP contribution < -0.4 is 9.88 Å². The third kappa shape index (κ3) is 4.47. The van der Waals surface area contributed by atoms with Crippen molar-refractivity contribution in [3.63, 3.8) is 0 Å². The fourth-order valence-electron chi connectivity index (χ4n) is 4.40. The summed E-state index contributed by atoms with van der Waals surface area (Å²) in [6, 6.07) is 12.1. The molecule has 0 spiro atoms. The van der Waals surface area contributed by atoms with E-state index in [1.165, 1.54) is 12.1 Å². The van der Waals surface area contributed by atoms with Gasteiger partial charge in [0.05, 0.1) is 11.7 Å². The van der Waals surface area contributed by atoms with Gasteiger partial charge in [-0.05, 0) is 80.0 Å². The highest BCUT2D eigenvalue weighted by Crippen LogP contribution is 2.53. The second-order valence-corrected chi connectivity index (χ2v) is 11.2. The van der Waals surface area contributed by atoms with E-state index in [2.05, 4.69) is 5.10 Å². The second kappa shape index (κ2) is 8.95. The number of halogens is 2. The molecule has 36 heavy (non-hydrogen) atoms. The number of aromatic nitrogens is 2. The maximum atomic E-state index is 14.7. The average Bonchev–Trinajstić information content (AvgIpc) is 3.53. The molecule has 0 radical (unpaired) electrons. The molecule has 1 saturated carbocycles. The molecule has 4 aromatic rings. The zero-order valence-corrected chi connectivity index (χ0v) is 20.7. The number of primary sulfonamides is 1. The van der Waals surface area contributed by atoms with Crippen molar-refractivity contribution in [2.45, 2.75) is 17.6 Å². The molecule has 7 nitrogen and oxygen atoms in total. The zero-order valence-electron chi connectivity index (χ0n) is 19.9. The van der Waals surface area contributed by atoms with Crippen LogP contribution in [0.2, 0.25) is 0 Å². The van der Waals surface area contributed by atoms with Crippen molar-refractivity contribution in [1.82, 2.24) is 14.5 Å². The smallest absolute Gasteiger partial charge is 0.219 e. The first-order chi connectivity index (χ1) is 17.1. The molecule has 5 rings (SSSR count). The Labute approximate surface area is 208 Å². The third-order valence-corrected chi connectivity index (χ3v) is 8.29. The predicted octanol–water partition coefficient (Wildman–Crippen LogP) is 4.16. The molecule has 1 aliphatic rings. The van der Waals surface area contributed by atoms with Gasteiger partial charge in [0.25, 0.3) is 0 Å². The first kappa shape index (κ1) is 24.4. The molecule has 10 heteroatoms. The molecule has 0 bridgehead atoms. The van der Waals surface area contributed by atoms with Gasteiger partial charge in [-0.15, -0.1) is 0 Å². The van der Waals surface area contributed by atoms with Crippen molar-refractivity contribution in [3.05, 3.63) is 78.1 Å². The Morgan fingerprint density at radius 1 is 1.06 bits per heavy atom. The summed E-state index contributed by atoms with van der Waals surface area (Å²) in [6.07, 6.45) is 4.19. The molecule has 0 aliphatic heterocycles. The van der Waals surface area contributed by atoms with E-state index in [1.54, 1.807) is 35.1 Å². The average molecular weight is 513 g/mol. The molecule has 188 valence electrons. The summed E-state index contributed by atoms with van der Waals surface area (Å²) in [7, 11) is 0.0145. The minimum absolute atomic E-state index is 0.161. The van der Waals surface area contributed by atoms with Gasteiger partial charge < -0.3 is 9.64 Å². The summed E-state index contributed by atoms with van der Waals surface area (Å²) >= 11 is 0. The lowest BCUT2D eigenvalue weighted by Gasteiger charge is -2.17. The maximum absolute atomic E-state index is 14.7. The SMILES string of the molecule is CN(C)CCOc1ccn2ncc(-c3cc(-c4ccc(F)cc4F)cc(C4(S(N)(=O)=O)CC4)c3)c2c1. The standard InChI is InChI=1S/C26H26F2N4O3S/c1-31(2)9-10-35-21-5-8-32-25(15-21)23(16-30-32)18-11-17(22-4-3-20(27)14-24(22)28)12-19(13-18)26(6-7-26)36(29,33)34/h3-5,8,11-16H,6-7,9-10H2,1-2H3,(H2,29,33,34). The van der Waals surface area contributed by atoms with Crippen LogP contribution in [0.1, 0.15) is 18.4 Å². The molecule has 2 aromatic heterocycles. The van der Waals surface area contributed by atoms with Crippen LogP contribution in [-0.4, -0.2) is 50.2 Å². The topological polar surface area (TPSA) is 89.9 Å². The summed E-state index contributed by atoms with van der Waals surface area (Å²) in [5, 5.41) is 10.0. The van der Waals surface area contributed by atoms with Gasteiger partial charge in [-0.2, -0.15) is 5.10 Å². The predicted molar refractivity (Wildman–Crippen MR) is 134 cm³/mol. The number of nitrogens with two attached hydrogens (primary N) is 1. The van der Waals surface area contributed by atoms with E-state index in [0.717, 1.165) is 18.1 Å². The molecule has 0 atom stereocenters. The van der Waals surface area contributed by atoms with Gasteiger partial charge in [0.1, 0.15) is 28.7 Å². The monoisotopic (exact) mass is 512 g/mol. The van der Waals surface area contributed by atoms with E-state index < -0.39 is 26.4 Å². The van der Waals surface area contributed by atoms with E-state index in [-0.39, 0.29) is 5.56 Å². The van der Waals surface area contributed by atoms with E-state index in [1.807, 2.05) is 31.1 Å². The molecular weight excluding hydrogens is 486 g/mol. The Kier molecular flexibility index (Phi) is 6.06. The largest absolute Gasteiger partial charge is 0.492 e. The number of sulfonamides is 1. The van der Waals surface area contributed by atoms with Crippen LogP contribution >= 0.6 is 0 Å². The van der Waals surface area contributed by atoms with Gasteiger partial charge in [0.15, 0.2) is 0 Å². The summed E-state index contributed by atoms with van der Waals surface area (Å²) in [4.78, 5) is 2.02. The summed E-state index contributed by atoms with van der Waals surface area (Å²) in [5.74, 6) is -0.773. The van der Waals surface area contributed by atoms with Crippen LogP contribution in [0.5, 0.6) is 5.75 Å². The fourth-order valence-corrected chi connectivity index (χ4v) is 5.51. The lowest BCUT2D eigenvalue weighted by Crippen LogP contribution is -2.28. The highest BCUT2D eigenvalue weighted by Gasteiger charge is 2.54. The first-order valence-corrected chi connectivity index (χ1v) is 13.0. The van der Waals surface area contributed by atoms with Gasteiger partial charge in [-0.25, -0.2) is 26.9 Å². The highest BCUT2D eigenvalue weighted by molar-refractivity contribution is 7.90. The Bertz CT molecular complexity index is 1560. The Hall–Kier alpha value is -3.34. The van der Waals surface area contributed by atoms with Crippen molar-refractivity contribution in [3.8, 4) is 28.0 Å². The van der Waals surface area contributed by atoms with Gasteiger partial charge in [0, 0.05) is 36.0 Å². The fraction of sp³-hybridized carbons (Fsp3) is 0.269. The summed E-state index contributed by atoms with van der Waals surface area (Å²) in [5.41, 5.74) is 3.14. The Balaban J connectivity index is 1.65. The maximum Gasteiger partial charge on any atom is 0.219 e. The number of nitrogens with zero attached hydrogens (tertiary/aromatic N) is 3. The molecule has 0 unspecified atom stereocenters. The van der Waals surface area contributed by atoms with Crippen molar-refractivity contribution in [2.75, 3.05) is 27.2 Å². The number of hydrogen-bond donors (Lipinski definition) is 1. The quantitative estimate of drug-likeness (QED) is 0.383. The van der Waals surface area contributed by atoms with E-state index in [0.29, 0.717) is 47.5 Å². The van der Waals surface area contributed by atoms with Gasteiger partial charge >= 0.3 is 0 Å². The molecule has 2 aromatic carbocycles. The number of hydrogen-bond acceptors (Lipinski definition) is 5. The van der Waals surface area contributed by atoms with Crippen LogP contribution in [0.3, 0.4) is 0 Å². The van der Waals surface area contributed by atoms with E-state index >= 15 is 0 Å². The number of rotatable bonds is 8. The summed E-state index contributed by atoms with van der Waals surface area (Å²) in [6.45, 7) is 1.26. The number of pyridine rings is 1. The zero-order chi connectivity index (χ0) is 25.7. The minimum Gasteiger partial charge on any atom is -0.492 e. The number of fused-ring (bicyclic) bond motifs is 1. The first-order valence-electron chi connectivity index (χ1n) is 11.5. The van der Waals surface area contributed by atoms with Crippen LogP contribution in [0.4, 0.5) is 8.78 Å². The van der Waals surface area contributed by atoms with Crippen molar-refractivity contribution in [2.24, 2.45) is 5.14 Å². The number of benzene rings is 2. The van der Waals surface area contributed by atoms with Gasteiger partial charge in [0.2, 0.25) is 10.0 Å². The number of likely N-dealkylation sites (N-methyl/N-ethyl adjacent to an activating group) is 1. The van der Waals surface area contributed by atoms with Crippen molar-refractivity contribution >= 4 is 15.5 Å². The van der Waals surface area contributed by atoms with Crippen molar-refractivity contribution < 1.29 is 21.9 Å². The summed E-state index contributed by atoms with van der Waals surface area (Å²) < 4.78 is 59.7. The third-order valence-electron chi connectivity index (χ3n) is 6.56.